The van der Waals surface area contributed by atoms with Crippen molar-refractivity contribution < 1.29 is 18.5 Å². The maximum Gasteiger partial charge on any atom is 0.337 e. The molecule has 0 amide bonds. The van der Waals surface area contributed by atoms with E-state index in [1.54, 1.807) is 6.07 Å². The fourth-order valence-electron chi connectivity index (χ4n) is 5.95. The van der Waals surface area contributed by atoms with Crippen LogP contribution in [-0.4, -0.2) is 47.9 Å². The molecular weight excluding hydrogens is 520 g/mol. The topological polar surface area (TPSA) is 68.2 Å². The van der Waals surface area contributed by atoms with Crippen LogP contribution in [0.25, 0.3) is 0 Å². The molecule has 0 unspecified atom stereocenters. The molecule has 38 heavy (non-hydrogen) atoms. The lowest BCUT2D eigenvalue weighted by atomic mass is 9.69. The molecule has 2 aromatic carbocycles. The van der Waals surface area contributed by atoms with Gasteiger partial charge in [-0.05, 0) is 106 Å². The van der Waals surface area contributed by atoms with Gasteiger partial charge in [0.1, 0.15) is 16.7 Å². The van der Waals surface area contributed by atoms with Crippen molar-refractivity contribution in [1.29, 1.82) is 0 Å². The van der Waals surface area contributed by atoms with Gasteiger partial charge >= 0.3 is 5.97 Å². The summed E-state index contributed by atoms with van der Waals surface area (Å²) in [4.78, 5) is 14.8. The number of methoxy groups -OCH3 is 1. The molecule has 204 valence electrons. The minimum Gasteiger partial charge on any atom is -0.490 e. The van der Waals surface area contributed by atoms with Crippen molar-refractivity contribution in [2.75, 3.05) is 31.7 Å². The monoisotopic (exact) mass is 556 g/mol. The number of nitrogens with zero attached hydrogens (tertiary/aromatic N) is 2. The van der Waals surface area contributed by atoms with Crippen LogP contribution in [0, 0.1) is 11.8 Å². The molecule has 0 bridgehead atoms. The zero-order chi connectivity index (χ0) is 27.1. The Morgan fingerprint density at radius 1 is 1.26 bits per heavy atom. The molecule has 1 heterocycles. The molecule has 0 aromatic heterocycles. The summed E-state index contributed by atoms with van der Waals surface area (Å²) in [5, 5.41) is 0.766. The minimum absolute atomic E-state index is 0.177. The van der Waals surface area contributed by atoms with E-state index in [2.05, 4.69) is 21.4 Å². The van der Waals surface area contributed by atoms with Gasteiger partial charge in [0.05, 0.1) is 29.7 Å². The number of aryl methyl sites for hydroxylation is 1. The van der Waals surface area contributed by atoms with Crippen LogP contribution < -0.4 is 9.64 Å². The fourth-order valence-corrected chi connectivity index (χ4v) is 6.73. The summed E-state index contributed by atoms with van der Waals surface area (Å²) in [6, 6.07) is 11.8. The smallest absolute Gasteiger partial charge is 0.337 e. The van der Waals surface area contributed by atoms with Crippen molar-refractivity contribution in [2.24, 2.45) is 16.2 Å². The number of esters is 1. The van der Waals surface area contributed by atoms with E-state index >= 15 is 0 Å². The highest BCUT2D eigenvalue weighted by Crippen LogP contribution is 2.46. The van der Waals surface area contributed by atoms with Gasteiger partial charge in [0.2, 0.25) is 0 Å². The summed E-state index contributed by atoms with van der Waals surface area (Å²) in [7, 11) is 0.146. The molecule has 1 spiro atoms. The molecule has 0 N–H and O–H groups in total. The minimum atomic E-state index is -1.26. The SMILES string of the molecule is COC(=O)c1ccc2c(c1)N(C[C@@H]1CC[C@H]1C=N[S@](=O)C(C)(C)C)C[C@@]1(CCCc3cc(Cl)ccc31)CO2. The Kier molecular flexibility index (Phi) is 7.62. The summed E-state index contributed by atoms with van der Waals surface area (Å²) in [6.07, 6.45) is 7.16. The number of carbonyl (C=O) groups excluding carboxylic acids is 1. The standard InChI is InChI=1S/C30H37ClN2O4S/c1-29(2,3)38(35)32-16-22-7-8-23(22)17-33-18-30(13-5-6-20-14-24(31)10-11-25(20)30)19-37-27-12-9-21(15-26(27)33)28(34)36-4/h9-12,14-16,22-23H,5-8,13,17-19H2,1-4H3/t22-,23-,30-,38+/m0/s1. The second kappa shape index (κ2) is 10.6. The lowest BCUT2D eigenvalue weighted by Gasteiger charge is -2.44. The Balaban J connectivity index is 1.48. The quantitative estimate of drug-likeness (QED) is 0.326. The summed E-state index contributed by atoms with van der Waals surface area (Å²) < 4.78 is 28.1. The Labute approximate surface area is 233 Å². The van der Waals surface area contributed by atoms with E-state index in [0.29, 0.717) is 18.1 Å². The van der Waals surface area contributed by atoms with Crippen molar-refractivity contribution >= 4 is 40.5 Å². The van der Waals surface area contributed by atoms with E-state index in [-0.39, 0.29) is 22.0 Å². The zero-order valence-electron chi connectivity index (χ0n) is 22.7. The van der Waals surface area contributed by atoms with Gasteiger partial charge in [-0.2, -0.15) is 4.40 Å². The zero-order valence-corrected chi connectivity index (χ0v) is 24.2. The van der Waals surface area contributed by atoms with Gasteiger partial charge < -0.3 is 14.4 Å². The lowest BCUT2D eigenvalue weighted by Crippen LogP contribution is -2.48. The average molecular weight is 557 g/mol. The second-order valence-corrected chi connectivity index (χ2v) is 14.3. The molecule has 5 rings (SSSR count). The van der Waals surface area contributed by atoms with E-state index in [4.69, 9.17) is 21.1 Å². The number of hydrogen-bond acceptors (Lipinski definition) is 5. The van der Waals surface area contributed by atoms with Crippen LogP contribution >= 0.6 is 11.6 Å². The van der Waals surface area contributed by atoms with Crippen molar-refractivity contribution in [3.8, 4) is 5.75 Å². The molecule has 0 radical (unpaired) electrons. The number of carbonyl (C=O) groups is 1. The number of hydrogen-bond donors (Lipinski definition) is 0. The van der Waals surface area contributed by atoms with Gasteiger partial charge in [-0.3, -0.25) is 0 Å². The van der Waals surface area contributed by atoms with E-state index in [0.717, 1.165) is 61.7 Å². The Bertz CT molecular complexity index is 1270. The molecule has 6 nitrogen and oxygen atoms in total. The predicted octanol–water partition coefficient (Wildman–Crippen LogP) is 6.16. The third kappa shape index (κ3) is 5.37. The Morgan fingerprint density at radius 2 is 2.08 bits per heavy atom. The molecule has 2 aromatic rings. The average Bonchev–Trinajstić information content (AvgIpc) is 3.02. The number of anilines is 1. The normalized spacial score (nSPS) is 25.7. The van der Waals surface area contributed by atoms with E-state index < -0.39 is 11.0 Å². The van der Waals surface area contributed by atoms with Crippen molar-refractivity contribution in [3.63, 3.8) is 0 Å². The molecule has 4 atom stereocenters. The summed E-state index contributed by atoms with van der Waals surface area (Å²) in [5.74, 6) is 1.09. The number of rotatable bonds is 5. The Hall–Kier alpha value is -2.38. The van der Waals surface area contributed by atoms with E-state index in [1.165, 1.54) is 18.2 Å². The van der Waals surface area contributed by atoms with Crippen molar-refractivity contribution in [1.82, 2.24) is 0 Å². The van der Waals surface area contributed by atoms with Crippen LogP contribution in [0.2, 0.25) is 5.02 Å². The number of ether oxygens (including phenoxy) is 2. The maximum absolute atomic E-state index is 12.5. The van der Waals surface area contributed by atoms with E-state index in [1.807, 2.05) is 45.2 Å². The first kappa shape index (κ1) is 27.2. The van der Waals surface area contributed by atoms with Crippen LogP contribution in [0.4, 0.5) is 5.69 Å². The molecule has 8 heteroatoms. The third-order valence-electron chi connectivity index (χ3n) is 8.26. The van der Waals surface area contributed by atoms with Gasteiger partial charge in [0.25, 0.3) is 0 Å². The highest BCUT2D eigenvalue weighted by atomic mass is 35.5. The molecule has 2 aliphatic carbocycles. The third-order valence-corrected chi connectivity index (χ3v) is 9.86. The predicted molar refractivity (Wildman–Crippen MR) is 154 cm³/mol. The summed E-state index contributed by atoms with van der Waals surface area (Å²) in [6.45, 7) is 8.00. The highest BCUT2D eigenvalue weighted by Gasteiger charge is 2.43. The van der Waals surface area contributed by atoms with Crippen LogP contribution in [0.15, 0.2) is 40.8 Å². The molecule has 3 aliphatic rings. The van der Waals surface area contributed by atoms with Gasteiger partial charge in [-0.25, -0.2) is 9.00 Å². The first-order chi connectivity index (χ1) is 18.1. The van der Waals surface area contributed by atoms with Crippen LogP contribution in [0.1, 0.15) is 67.9 Å². The van der Waals surface area contributed by atoms with Crippen LogP contribution in [0.3, 0.4) is 0 Å². The molecule has 0 saturated heterocycles. The van der Waals surface area contributed by atoms with Crippen molar-refractivity contribution in [3.05, 3.63) is 58.1 Å². The number of halogens is 1. The molecule has 1 fully saturated rings. The highest BCUT2D eigenvalue weighted by molar-refractivity contribution is 7.85. The molecule has 1 saturated carbocycles. The van der Waals surface area contributed by atoms with Gasteiger partial charge in [-0.15, -0.1) is 0 Å². The first-order valence-corrected chi connectivity index (χ1v) is 14.9. The first-order valence-electron chi connectivity index (χ1n) is 13.4. The van der Waals surface area contributed by atoms with Crippen LogP contribution in [-0.2, 0) is 27.6 Å². The maximum atomic E-state index is 12.5. The van der Waals surface area contributed by atoms with Crippen LogP contribution in [0.5, 0.6) is 5.75 Å². The fraction of sp³-hybridized carbons (Fsp3) is 0.533. The second-order valence-electron chi connectivity index (χ2n) is 11.9. The number of benzene rings is 2. The van der Waals surface area contributed by atoms with Crippen molar-refractivity contribution in [2.45, 2.75) is 63.0 Å². The number of fused-ring (bicyclic) bond motifs is 3. The molecular formula is C30H37ClN2O4S. The van der Waals surface area contributed by atoms with E-state index in [9.17, 15) is 9.00 Å². The van der Waals surface area contributed by atoms with Gasteiger partial charge in [-0.1, -0.05) is 17.7 Å². The molecule has 1 aliphatic heterocycles. The lowest BCUT2D eigenvalue weighted by molar-refractivity contribution is 0.0600. The van der Waals surface area contributed by atoms with Gasteiger partial charge in [0.15, 0.2) is 0 Å². The van der Waals surface area contributed by atoms with Gasteiger partial charge in [0, 0.05) is 29.7 Å². The summed E-state index contributed by atoms with van der Waals surface area (Å²) in [5.41, 5.74) is 3.87. The Morgan fingerprint density at radius 3 is 2.79 bits per heavy atom. The summed E-state index contributed by atoms with van der Waals surface area (Å²) >= 11 is 6.37. The largest absolute Gasteiger partial charge is 0.490 e.